The highest BCUT2D eigenvalue weighted by atomic mass is 31.2. The second-order valence-electron chi connectivity index (χ2n) is 10.9. The molecule has 0 aromatic rings. The third kappa shape index (κ3) is 15.9. The largest absolute Gasteiger partial charge is 0.756 e. The summed E-state index contributed by atoms with van der Waals surface area (Å²) < 4.78 is 22.8. The van der Waals surface area contributed by atoms with E-state index in [1.807, 2.05) is 21.1 Å². The molecule has 7 nitrogen and oxygen atoms in total. The zero-order valence-corrected chi connectivity index (χ0v) is 22.8. The molecule has 0 aromatic carbocycles. The van der Waals surface area contributed by atoms with E-state index in [9.17, 15) is 14.3 Å². The molecule has 1 fully saturated rings. The van der Waals surface area contributed by atoms with Crippen molar-refractivity contribution in [1.29, 1.82) is 0 Å². The van der Waals surface area contributed by atoms with Gasteiger partial charge in [-0.1, -0.05) is 96.8 Å². The Morgan fingerprint density at radius 1 is 0.879 bits per heavy atom. The number of hydrogen-bond donors (Lipinski definition) is 1. The Bertz CT molecular complexity index is 572. The van der Waals surface area contributed by atoms with Gasteiger partial charge in [-0.15, -0.1) is 0 Å². The van der Waals surface area contributed by atoms with E-state index in [1.165, 1.54) is 77.0 Å². The molecule has 2 atom stereocenters. The molecule has 1 unspecified atom stereocenters. The number of β-lactam (4-membered cyclic amide) rings is 1. The zero-order valence-electron chi connectivity index (χ0n) is 21.9. The number of carbonyl (C=O) groups excluding carboxylic acids is 1. The van der Waals surface area contributed by atoms with E-state index in [1.54, 1.807) is 0 Å². The van der Waals surface area contributed by atoms with Crippen LogP contribution in [0.1, 0.15) is 110 Å². The molecule has 0 radical (unpaired) electrons. The monoisotopic (exact) mass is 490 g/mol. The fraction of sp³-hybridized carbons (Fsp3) is 0.960. The van der Waals surface area contributed by atoms with E-state index in [4.69, 9.17) is 9.05 Å². The molecule has 1 amide bonds. The minimum Gasteiger partial charge on any atom is -0.756 e. The third-order valence-corrected chi connectivity index (χ3v) is 7.37. The number of phosphoric acid groups is 1. The molecule has 1 aliphatic rings. The Morgan fingerprint density at radius 3 is 1.76 bits per heavy atom. The number of quaternary nitrogens is 1. The van der Waals surface area contributed by atoms with Crippen LogP contribution < -0.4 is 10.2 Å². The van der Waals surface area contributed by atoms with Crippen molar-refractivity contribution in [1.82, 2.24) is 5.32 Å². The second kappa shape index (κ2) is 16.3. The Hall–Kier alpha value is -0.460. The molecular weight excluding hydrogens is 439 g/mol. The minimum atomic E-state index is -4.36. The predicted molar refractivity (Wildman–Crippen MR) is 133 cm³/mol. The summed E-state index contributed by atoms with van der Waals surface area (Å²) in [5, 5.41) is 2.87. The van der Waals surface area contributed by atoms with E-state index < -0.39 is 13.4 Å². The van der Waals surface area contributed by atoms with Gasteiger partial charge in [0.05, 0.1) is 39.7 Å². The lowest BCUT2D eigenvalue weighted by Gasteiger charge is -2.43. The first-order chi connectivity index (χ1) is 15.6. The molecule has 0 spiro atoms. The molecule has 0 aromatic heterocycles. The number of unbranched alkanes of at least 4 members (excludes halogenated alkanes) is 13. The molecule has 0 saturated carbocycles. The van der Waals surface area contributed by atoms with Crippen molar-refractivity contribution in [2.45, 2.75) is 115 Å². The first-order valence-corrected chi connectivity index (χ1v) is 14.8. The van der Waals surface area contributed by atoms with E-state index in [0.717, 1.165) is 19.3 Å². The van der Waals surface area contributed by atoms with Crippen LogP contribution in [-0.2, 0) is 18.4 Å². The number of hydrogen-bond acceptors (Lipinski definition) is 5. The van der Waals surface area contributed by atoms with Crippen molar-refractivity contribution in [2.24, 2.45) is 0 Å². The van der Waals surface area contributed by atoms with Crippen molar-refractivity contribution in [3.63, 3.8) is 0 Å². The normalized spacial score (nSPS) is 20.3. The lowest BCUT2D eigenvalue weighted by atomic mass is 9.83. The molecule has 0 bridgehead atoms. The number of amides is 1. The van der Waals surface area contributed by atoms with Gasteiger partial charge in [0.15, 0.2) is 0 Å². The molecule has 0 aliphatic carbocycles. The molecule has 1 N–H and O–H groups in total. The Kier molecular flexibility index (Phi) is 15.1. The van der Waals surface area contributed by atoms with Gasteiger partial charge in [-0.2, -0.15) is 0 Å². The quantitative estimate of drug-likeness (QED) is 0.0960. The fourth-order valence-corrected chi connectivity index (χ4v) is 5.00. The van der Waals surface area contributed by atoms with Crippen molar-refractivity contribution in [3.05, 3.63) is 0 Å². The van der Waals surface area contributed by atoms with E-state index in [2.05, 4.69) is 12.2 Å². The van der Waals surface area contributed by atoms with Gasteiger partial charge >= 0.3 is 0 Å². The highest BCUT2D eigenvalue weighted by Gasteiger charge is 2.43. The maximum absolute atomic E-state index is 12.0. The second-order valence-corrected chi connectivity index (χ2v) is 12.3. The third-order valence-electron chi connectivity index (χ3n) is 6.42. The zero-order chi connectivity index (χ0) is 24.6. The Labute approximate surface area is 203 Å². The Morgan fingerprint density at radius 2 is 1.33 bits per heavy atom. The lowest BCUT2D eigenvalue weighted by molar-refractivity contribution is -0.870. The average molecular weight is 491 g/mol. The summed E-state index contributed by atoms with van der Waals surface area (Å²) in [5.74, 6) is -0.0457. The number of likely N-dealkylation sites (N-methyl/N-ethyl adjacent to an activating group) is 1. The van der Waals surface area contributed by atoms with Gasteiger partial charge in [0, 0.05) is 0 Å². The van der Waals surface area contributed by atoms with E-state index in [-0.39, 0.29) is 19.1 Å². The van der Waals surface area contributed by atoms with Gasteiger partial charge in [0.2, 0.25) is 5.91 Å². The highest BCUT2D eigenvalue weighted by Crippen LogP contribution is 2.41. The summed E-state index contributed by atoms with van der Waals surface area (Å²) in [6, 6.07) is 0. The number of nitrogens with zero attached hydrogens (tertiary/aromatic N) is 1. The molecule has 8 heteroatoms. The predicted octanol–water partition coefficient (Wildman–Crippen LogP) is 5.32. The molecule has 1 saturated heterocycles. The van der Waals surface area contributed by atoms with Gasteiger partial charge < -0.3 is 23.7 Å². The van der Waals surface area contributed by atoms with Gasteiger partial charge in [0.25, 0.3) is 7.82 Å². The first kappa shape index (κ1) is 30.6. The summed E-state index contributed by atoms with van der Waals surface area (Å²) in [6.07, 6.45) is 19.2. The first-order valence-electron chi connectivity index (χ1n) is 13.3. The average Bonchev–Trinajstić information content (AvgIpc) is 2.70. The van der Waals surface area contributed by atoms with Crippen LogP contribution in [0.25, 0.3) is 0 Å². The Balaban J connectivity index is 2.08. The molecule has 1 rings (SSSR count). The molecule has 33 heavy (non-hydrogen) atoms. The summed E-state index contributed by atoms with van der Waals surface area (Å²) in [6.45, 7) is 2.87. The molecule has 1 heterocycles. The fourth-order valence-electron chi connectivity index (χ4n) is 4.22. The molecule has 1 aliphatic heterocycles. The van der Waals surface area contributed by atoms with Crippen LogP contribution in [0.3, 0.4) is 0 Å². The van der Waals surface area contributed by atoms with Gasteiger partial charge in [-0.25, -0.2) is 0 Å². The number of phosphoric ester groups is 1. The summed E-state index contributed by atoms with van der Waals surface area (Å²) in [4.78, 5) is 23.6. The van der Waals surface area contributed by atoms with Crippen LogP contribution >= 0.6 is 7.82 Å². The standard InChI is InChI=1S/C25H51N2O5P/c1-5-6-7-8-9-10-11-12-13-14-15-16-17-18-19-25(22-24(28)26-25)23-32-33(29,30)31-21-20-27(2,3)4/h5-23H2,1-4H3,(H-,26,28,29,30)/t25-/m1/s1. The van der Waals surface area contributed by atoms with Gasteiger partial charge in [-0.3, -0.25) is 9.36 Å². The lowest BCUT2D eigenvalue weighted by Crippen LogP contribution is -2.63. The summed E-state index contributed by atoms with van der Waals surface area (Å²) in [5.41, 5.74) is -0.558. The van der Waals surface area contributed by atoms with Crippen molar-refractivity contribution >= 4 is 13.7 Å². The van der Waals surface area contributed by atoms with Crippen LogP contribution in [0.5, 0.6) is 0 Å². The smallest absolute Gasteiger partial charge is 0.268 e. The highest BCUT2D eigenvalue weighted by molar-refractivity contribution is 7.45. The number of rotatable bonds is 22. The van der Waals surface area contributed by atoms with Crippen molar-refractivity contribution in [3.8, 4) is 0 Å². The SMILES string of the molecule is CCCCCCCCCCCCCCCC[C@]1(COP(=O)([O-])OCC[N+](C)(C)C)CC(=O)N1. The summed E-state index contributed by atoms with van der Waals surface area (Å²) in [7, 11) is 1.54. The van der Waals surface area contributed by atoms with Gasteiger partial charge in [0.1, 0.15) is 13.2 Å². The number of nitrogens with one attached hydrogen (secondary N) is 1. The summed E-state index contributed by atoms with van der Waals surface area (Å²) >= 11 is 0. The van der Waals surface area contributed by atoms with Crippen LogP contribution in [0, 0.1) is 0 Å². The van der Waals surface area contributed by atoms with E-state index >= 15 is 0 Å². The van der Waals surface area contributed by atoms with Gasteiger partial charge in [-0.05, 0) is 6.42 Å². The van der Waals surface area contributed by atoms with Crippen LogP contribution in [0.15, 0.2) is 0 Å². The maximum Gasteiger partial charge on any atom is 0.268 e. The van der Waals surface area contributed by atoms with Crippen LogP contribution in [0.4, 0.5) is 0 Å². The molecular formula is C25H51N2O5P. The molecule has 196 valence electrons. The van der Waals surface area contributed by atoms with Crippen molar-refractivity contribution in [2.75, 3.05) is 40.9 Å². The minimum absolute atomic E-state index is 0.0393. The van der Waals surface area contributed by atoms with E-state index in [0.29, 0.717) is 17.4 Å². The maximum atomic E-state index is 12.0. The topological polar surface area (TPSA) is 87.7 Å². The van der Waals surface area contributed by atoms with Crippen molar-refractivity contribution < 1.29 is 27.8 Å². The van der Waals surface area contributed by atoms with Crippen LogP contribution in [-0.4, -0.2) is 56.8 Å². The van der Waals surface area contributed by atoms with Crippen LogP contribution in [0.2, 0.25) is 0 Å². The number of carbonyl (C=O) groups is 1.